The van der Waals surface area contributed by atoms with Gasteiger partial charge in [0.15, 0.2) is 0 Å². The van der Waals surface area contributed by atoms with Crippen LogP contribution in [0.2, 0.25) is 0 Å². The molecule has 35 heavy (non-hydrogen) atoms. The number of hydrogen-bond acceptors (Lipinski definition) is 4. The van der Waals surface area contributed by atoms with Crippen LogP contribution in [-0.4, -0.2) is 34.9 Å². The van der Waals surface area contributed by atoms with Crippen molar-refractivity contribution >= 4 is 28.2 Å². The van der Waals surface area contributed by atoms with Crippen LogP contribution in [0.3, 0.4) is 0 Å². The summed E-state index contributed by atoms with van der Waals surface area (Å²) < 4.78 is 39.5. The van der Waals surface area contributed by atoms with Gasteiger partial charge in [0, 0.05) is 31.4 Å². The summed E-state index contributed by atoms with van der Waals surface area (Å²) in [6.45, 7) is 3.60. The van der Waals surface area contributed by atoms with E-state index in [1.165, 1.54) is 11.6 Å². The Bertz CT molecular complexity index is 1280. The predicted molar refractivity (Wildman–Crippen MR) is 132 cm³/mol. The lowest BCUT2D eigenvalue weighted by Gasteiger charge is -2.24. The number of nitrogens with one attached hydrogen (secondary N) is 1. The van der Waals surface area contributed by atoms with Crippen LogP contribution in [0.5, 0.6) is 0 Å². The highest BCUT2D eigenvalue weighted by Crippen LogP contribution is 2.35. The van der Waals surface area contributed by atoms with Crippen LogP contribution in [-0.2, 0) is 11.0 Å². The molecule has 5 nitrogen and oxygen atoms in total. The number of carbonyl (C=O) groups excluding carboxylic acids is 1. The van der Waals surface area contributed by atoms with Crippen molar-refractivity contribution in [2.45, 2.75) is 45.3 Å². The number of fused-ring (bicyclic) bond motifs is 1. The lowest BCUT2D eigenvalue weighted by Crippen LogP contribution is -2.30. The van der Waals surface area contributed by atoms with Gasteiger partial charge in [0.1, 0.15) is 11.6 Å². The van der Waals surface area contributed by atoms with E-state index in [1.54, 1.807) is 32.0 Å². The van der Waals surface area contributed by atoms with Crippen LogP contribution in [0, 0.1) is 12.8 Å². The van der Waals surface area contributed by atoms with Crippen molar-refractivity contribution in [2.24, 2.45) is 5.92 Å². The number of halogens is 3. The number of amides is 1. The molecule has 1 heterocycles. The van der Waals surface area contributed by atoms with Gasteiger partial charge < -0.3 is 10.2 Å². The van der Waals surface area contributed by atoms with E-state index in [0.717, 1.165) is 41.4 Å². The summed E-state index contributed by atoms with van der Waals surface area (Å²) in [4.78, 5) is 23.0. The second kappa shape index (κ2) is 9.68. The molecule has 1 aliphatic rings. The fourth-order valence-corrected chi connectivity index (χ4v) is 4.51. The number of nitrogens with zero attached hydrogens (tertiary/aromatic N) is 3. The van der Waals surface area contributed by atoms with Gasteiger partial charge in [-0.1, -0.05) is 24.3 Å². The maximum absolute atomic E-state index is 13.2. The molecular formula is C27H29F3N4O. The van der Waals surface area contributed by atoms with E-state index in [1.807, 2.05) is 25.1 Å². The van der Waals surface area contributed by atoms with Crippen molar-refractivity contribution in [2.75, 3.05) is 19.4 Å². The fourth-order valence-electron chi connectivity index (χ4n) is 4.51. The number of carbonyl (C=O) groups is 1. The van der Waals surface area contributed by atoms with Gasteiger partial charge in [0.05, 0.1) is 11.1 Å². The summed E-state index contributed by atoms with van der Waals surface area (Å²) in [5.41, 5.74) is 2.82. The van der Waals surface area contributed by atoms with E-state index in [-0.39, 0.29) is 11.8 Å². The molecule has 0 radical (unpaired) electrons. The fraction of sp³-hybridized carbons (Fsp3) is 0.370. The van der Waals surface area contributed by atoms with Crippen LogP contribution in [0.25, 0.3) is 16.5 Å². The molecule has 184 valence electrons. The Morgan fingerprint density at radius 2 is 1.91 bits per heavy atom. The van der Waals surface area contributed by atoms with Crippen molar-refractivity contribution in [1.29, 1.82) is 0 Å². The average Bonchev–Trinajstić information content (AvgIpc) is 2.83. The summed E-state index contributed by atoms with van der Waals surface area (Å²) in [5.74, 6) is 1.31. The third kappa shape index (κ3) is 5.47. The number of aryl methyl sites for hydroxylation is 1. The van der Waals surface area contributed by atoms with Crippen molar-refractivity contribution in [3.63, 3.8) is 0 Å². The van der Waals surface area contributed by atoms with Crippen LogP contribution >= 0.6 is 0 Å². The van der Waals surface area contributed by atoms with E-state index >= 15 is 0 Å². The largest absolute Gasteiger partial charge is 0.416 e. The van der Waals surface area contributed by atoms with Gasteiger partial charge in [-0.25, -0.2) is 9.97 Å². The Morgan fingerprint density at radius 3 is 2.57 bits per heavy atom. The zero-order chi connectivity index (χ0) is 25.3. The van der Waals surface area contributed by atoms with E-state index in [4.69, 9.17) is 0 Å². The van der Waals surface area contributed by atoms with Crippen molar-refractivity contribution in [3.8, 4) is 0 Å². The minimum atomic E-state index is -4.40. The molecule has 2 atom stereocenters. The molecule has 4 rings (SSSR count). The van der Waals surface area contributed by atoms with Gasteiger partial charge in [-0.2, -0.15) is 13.2 Å². The first-order valence-electron chi connectivity index (χ1n) is 11.7. The Morgan fingerprint density at radius 1 is 1.14 bits per heavy atom. The predicted octanol–water partition coefficient (Wildman–Crippen LogP) is 6.40. The van der Waals surface area contributed by atoms with Gasteiger partial charge in [0.2, 0.25) is 5.91 Å². The van der Waals surface area contributed by atoms with E-state index in [2.05, 4.69) is 21.4 Å². The van der Waals surface area contributed by atoms with Crippen molar-refractivity contribution in [1.82, 2.24) is 14.9 Å². The van der Waals surface area contributed by atoms with E-state index in [9.17, 15) is 18.0 Å². The number of benzene rings is 2. The first kappa shape index (κ1) is 24.7. The smallest absolute Gasteiger partial charge is 0.363 e. The quantitative estimate of drug-likeness (QED) is 0.457. The summed E-state index contributed by atoms with van der Waals surface area (Å²) in [6.07, 6.45) is 0.0260. The zero-order valence-corrected chi connectivity index (χ0v) is 20.3. The molecule has 0 saturated carbocycles. The molecule has 0 spiro atoms. The maximum Gasteiger partial charge on any atom is 0.416 e. The zero-order valence-electron chi connectivity index (χ0n) is 20.3. The lowest BCUT2D eigenvalue weighted by molar-refractivity contribution is -0.137. The molecule has 0 saturated heterocycles. The third-order valence-corrected chi connectivity index (χ3v) is 6.45. The number of aromatic nitrogens is 2. The highest BCUT2D eigenvalue weighted by atomic mass is 19.4. The summed E-state index contributed by atoms with van der Waals surface area (Å²) in [7, 11) is 3.56. The van der Waals surface area contributed by atoms with Gasteiger partial charge in [-0.05, 0) is 74.1 Å². The highest BCUT2D eigenvalue weighted by molar-refractivity contribution is 5.92. The van der Waals surface area contributed by atoms with E-state index in [0.29, 0.717) is 23.6 Å². The summed E-state index contributed by atoms with van der Waals surface area (Å²) in [5, 5.41) is 4.10. The van der Waals surface area contributed by atoms with Crippen LogP contribution < -0.4 is 5.32 Å². The van der Waals surface area contributed by atoms with Gasteiger partial charge in [-0.15, -0.1) is 0 Å². The van der Waals surface area contributed by atoms with Crippen LogP contribution in [0.15, 0.2) is 48.5 Å². The second-order valence-corrected chi connectivity index (χ2v) is 9.27. The van der Waals surface area contributed by atoms with Crippen LogP contribution in [0.1, 0.15) is 54.7 Å². The van der Waals surface area contributed by atoms with Gasteiger partial charge >= 0.3 is 6.18 Å². The Kier molecular flexibility index (Phi) is 6.83. The first-order chi connectivity index (χ1) is 16.5. The average molecular weight is 483 g/mol. The molecule has 1 amide bonds. The SMILES string of the molecule is Cc1nc(N[C@H](C)c2cccc(C(F)(F)F)c2)c2cc(C3=CCC(C(=O)N(C)C)CC3)ccc2n1. The number of alkyl halides is 3. The number of rotatable bonds is 5. The maximum atomic E-state index is 13.2. The monoisotopic (exact) mass is 482 g/mol. The second-order valence-electron chi connectivity index (χ2n) is 9.27. The molecule has 1 N–H and O–H groups in total. The van der Waals surface area contributed by atoms with Gasteiger partial charge in [-0.3, -0.25) is 4.79 Å². The number of allylic oxidation sites excluding steroid dienone is 2. The minimum Gasteiger partial charge on any atom is -0.363 e. The normalized spacial score (nSPS) is 17.1. The molecule has 0 bridgehead atoms. The van der Waals surface area contributed by atoms with Crippen molar-refractivity contribution < 1.29 is 18.0 Å². The van der Waals surface area contributed by atoms with Gasteiger partial charge in [0.25, 0.3) is 0 Å². The molecule has 1 aliphatic carbocycles. The molecule has 1 aromatic heterocycles. The molecule has 8 heteroatoms. The molecule has 3 aromatic rings. The Hall–Kier alpha value is -3.42. The minimum absolute atomic E-state index is 0.00530. The molecular weight excluding hydrogens is 453 g/mol. The molecule has 2 aromatic carbocycles. The van der Waals surface area contributed by atoms with Crippen molar-refractivity contribution in [3.05, 3.63) is 71.1 Å². The first-order valence-corrected chi connectivity index (χ1v) is 11.7. The molecule has 0 fully saturated rings. The number of anilines is 1. The topological polar surface area (TPSA) is 58.1 Å². The Labute approximate surface area is 203 Å². The summed E-state index contributed by atoms with van der Waals surface area (Å²) >= 11 is 0. The Balaban J connectivity index is 1.63. The molecule has 1 unspecified atom stereocenters. The lowest BCUT2D eigenvalue weighted by atomic mass is 9.85. The standard InChI is InChI=1S/C27H29F3N4O/c1-16(20-6-5-7-22(14-20)27(28,29)30)31-25-23-15-21(12-13-24(23)32-17(2)33-25)18-8-10-19(11-9-18)26(35)34(3)4/h5-8,12-16,19H,9-11H2,1-4H3,(H,31,32,33)/t16-,19?/m1/s1. The third-order valence-electron chi connectivity index (χ3n) is 6.45. The molecule has 0 aliphatic heterocycles. The highest BCUT2D eigenvalue weighted by Gasteiger charge is 2.31. The van der Waals surface area contributed by atoms with Crippen LogP contribution in [0.4, 0.5) is 19.0 Å². The number of hydrogen-bond donors (Lipinski definition) is 1. The van der Waals surface area contributed by atoms with E-state index < -0.39 is 17.8 Å². The summed E-state index contributed by atoms with van der Waals surface area (Å²) in [6, 6.07) is 10.9.